The summed E-state index contributed by atoms with van der Waals surface area (Å²) < 4.78 is 12.6. The molecule has 0 amide bonds. The van der Waals surface area contributed by atoms with Crippen LogP contribution >= 0.6 is 55.1 Å². The van der Waals surface area contributed by atoms with E-state index in [9.17, 15) is 10.2 Å². The average molecular weight is 679 g/mol. The Bertz CT molecular complexity index is 1460. The van der Waals surface area contributed by atoms with E-state index < -0.39 is 0 Å². The lowest BCUT2D eigenvalue weighted by Gasteiger charge is -2.11. The van der Waals surface area contributed by atoms with Crippen molar-refractivity contribution in [2.75, 3.05) is 14.2 Å². The van der Waals surface area contributed by atoms with Crippen LogP contribution in [-0.2, 0) is 0 Å². The molecule has 4 rings (SSSR count). The maximum atomic E-state index is 10.2. The minimum Gasteiger partial charge on any atom is -0.506 e. The van der Waals surface area contributed by atoms with Gasteiger partial charge in [-0.25, -0.2) is 0 Å². The predicted octanol–water partition coefficient (Wildman–Crippen LogP) is 9.11. The van der Waals surface area contributed by atoms with Gasteiger partial charge in [-0.3, -0.25) is 9.98 Å². The lowest BCUT2D eigenvalue weighted by atomic mass is 10.0. The molecule has 4 aromatic rings. The number of nitrogens with zero attached hydrogens (tertiary/aromatic N) is 2. The van der Waals surface area contributed by atoms with Gasteiger partial charge < -0.3 is 19.7 Å². The fourth-order valence-electron chi connectivity index (χ4n) is 3.57. The topological polar surface area (TPSA) is 83.6 Å². The van der Waals surface area contributed by atoms with E-state index >= 15 is 0 Å². The summed E-state index contributed by atoms with van der Waals surface area (Å²) in [4.78, 5) is 8.96. The average Bonchev–Trinajstić information content (AvgIpc) is 2.90. The van der Waals surface area contributed by atoms with Crippen LogP contribution in [0.1, 0.15) is 11.1 Å². The maximum absolute atomic E-state index is 10.2. The summed E-state index contributed by atoms with van der Waals surface area (Å²) in [7, 11) is 3.13. The third kappa shape index (κ3) is 6.32. The van der Waals surface area contributed by atoms with Crippen LogP contribution in [-0.4, -0.2) is 36.9 Å². The second-order valence-corrected chi connectivity index (χ2v) is 10.6. The van der Waals surface area contributed by atoms with E-state index in [1.165, 1.54) is 12.4 Å². The van der Waals surface area contributed by atoms with Gasteiger partial charge in [0, 0.05) is 32.5 Å². The second-order valence-electron chi connectivity index (χ2n) is 7.94. The first-order valence-electron chi connectivity index (χ1n) is 11.0. The van der Waals surface area contributed by atoms with Crippen LogP contribution in [0.4, 0.5) is 11.4 Å². The summed E-state index contributed by atoms with van der Waals surface area (Å²) >= 11 is 18.8. The summed E-state index contributed by atoms with van der Waals surface area (Å²) in [6, 6.07) is 17.8. The zero-order valence-corrected chi connectivity index (χ0v) is 24.7. The number of hydrogen-bond donors (Lipinski definition) is 2. The molecule has 0 fully saturated rings. The van der Waals surface area contributed by atoms with E-state index in [-0.39, 0.29) is 21.5 Å². The fourth-order valence-corrected chi connectivity index (χ4v) is 5.24. The molecule has 0 bridgehead atoms. The van der Waals surface area contributed by atoms with Gasteiger partial charge in [-0.05, 0) is 59.7 Å². The minimum atomic E-state index is -0.0535. The largest absolute Gasteiger partial charge is 0.506 e. The zero-order valence-electron chi connectivity index (χ0n) is 20.0. The lowest BCUT2D eigenvalue weighted by Crippen LogP contribution is -1.89. The van der Waals surface area contributed by atoms with Crippen LogP contribution in [0.5, 0.6) is 23.0 Å². The van der Waals surface area contributed by atoms with Gasteiger partial charge in [-0.2, -0.15) is 0 Å². The standard InChI is InChI=1S/C28H20Br2Cl2N2O4/c1-37-25-9-15(3-5-23(25)33-13-17-7-19(29)11-21(31)27(17)35)16-4-6-24(26(10-16)38-2)34-14-18-8-20(30)12-22(32)28(18)36/h3-14,35-36H,1-2H3. The van der Waals surface area contributed by atoms with Gasteiger partial charge in [0.2, 0.25) is 0 Å². The van der Waals surface area contributed by atoms with E-state index in [1.54, 1.807) is 38.5 Å². The SMILES string of the molecule is COc1cc(-c2ccc(N=Cc3cc(Br)cc(Cl)c3O)c(OC)c2)ccc1N=Cc1cc(Br)cc(Cl)c1O. The minimum absolute atomic E-state index is 0.0535. The first-order chi connectivity index (χ1) is 18.2. The number of aromatic hydroxyl groups is 2. The van der Waals surface area contributed by atoms with Gasteiger partial charge >= 0.3 is 0 Å². The molecule has 2 N–H and O–H groups in total. The Morgan fingerprint density at radius 2 is 1.05 bits per heavy atom. The summed E-state index contributed by atoms with van der Waals surface area (Å²) in [6.07, 6.45) is 3.05. The van der Waals surface area contributed by atoms with E-state index in [4.69, 9.17) is 32.7 Å². The van der Waals surface area contributed by atoms with Crippen molar-refractivity contribution in [2.45, 2.75) is 0 Å². The second kappa shape index (κ2) is 12.2. The number of hydrogen-bond acceptors (Lipinski definition) is 6. The van der Waals surface area contributed by atoms with Crippen molar-refractivity contribution in [1.82, 2.24) is 0 Å². The predicted molar refractivity (Wildman–Crippen MR) is 161 cm³/mol. The molecule has 0 radical (unpaired) electrons. The molecule has 4 aromatic carbocycles. The molecule has 0 aliphatic rings. The highest BCUT2D eigenvalue weighted by Gasteiger charge is 2.11. The first kappa shape index (κ1) is 28.0. The van der Waals surface area contributed by atoms with Crippen LogP contribution < -0.4 is 9.47 Å². The number of benzene rings is 4. The molecular weight excluding hydrogens is 659 g/mol. The molecule has 0 unspecified atom stereocenters. The Morgan fingerprint density at radius 3 is 1.42 bits per heavy atom. The number of phenols is 2. The van der Waals surface area contributed by atoms with E-state index in [0.717, 1.165) is 20.1 Å². The van der Waals surface area contributed by atoms with Gasteiger partial charge in [-0.15, -0.1) is 0 Å². The summed E-state index contributed by atoms with van der Waals surface area (Å²) in [6.45, 7) is 0. The number of rotatable bonds is 7. The van der Waals surface area contributed by atoms with Crippen molar-refractivity contribution in [3.63, 3.8) is 0 Å². The Balaban J connectivity index is 1.63. The molecule has 194 valence electrons. The maximum Gasteiger partial charge on any atom is 0.145 e. The van der Waals surface area contributed by atoms with Crippen molar-refractivity contribution in [3.8, 4) is 34.1 Å². The molecule has 38 heavy (non-hydrogen) atoms. The van der Waals surface area contributed by atoms with E-state index in [2.05, 4.69) is 41.8 Å². The van der Waals surface area contributed by atoms with Crippen molar-refractivity contribution < 1.29 is 19.7 Å². The molecule has 0 atom stereocenters. The number of phenolic OH excluding ortho intramolecular Hbond substituents is 2. The molecular formula is C28H20Br2Cl2N2O4. The quantitative estimate of drug-likeness (QED) is 0.191. The Labute approximate surface area is 246 Å². The van der Waals surface area contributed by atoms with Gasteiger partial charge in [-0.1, -0.05) is 67.2 Å². The lowest BCUT2D eigenvalue weighted by molar-refractivity contribution is 0.415. The zero-order chi connectivity index (χ0) is 27.4. The van der Waals surface area contributed by atoms with Crippen LogP contribution in [0, 0.1) is 0 Å². The molecule has 10 heteroatoms. The molecule has 0 aliphatic carbocycles. The summed E-state index contributed by atoms with van der Waals surface area (Å²) in [5.74, 6) is 0.981. The molecule has 0 aromatic heterocycles. The van der Waals surface area contributed by atoms with Gasteiger partial charge in [0.05, 0.1) is 24.3 Å². The highest BCUT2D eigenvalue weighted by atomic mass is 79.9. The van der Waals surface area contributed by atoms with Crippen molar-refractivity contribution in [1.29, 1.82) is 0 Å². The smallest absolute Gasteiger partial charge is 0.145 e. The monoisotopic (exact) mass is 676 g/mol. The highest BCUT2D eigenvalue weighted by molar-refractivity contribution is 9.10. The van der Waals surface area contributed by atoms with Crippen LogP contribution in [0.3, 0.4) is 0 Å². The van der Waals surface area contributed by atoms with Gasteiger partial charge in [0.15, 0.2) is 0 Å². The van der Waals surface area contributed by atoms with E-state index in [1.807, 2.05) is 36.4 Å². The normalized spacial score (nSPS) is 11.4. The van der Waals surface area contributed by atoms with Crippen LogP contribution in [0.2, 0.25) is 10.0 Å². The molecule has 0 heterocycles. The molecule has 0 spiro atoms. The van der Waals surface area contributed by atoms with Crippen LogP contribution in [0.15, 0.2) is 79.6 Å². The third-order valence-electron chi connectivity index (χ3n) is 5.49. The Kier molecular flexibility index (Phi) is 8.99. The van der Waals surface area contributed by atoms with Crippen molar-refractivity contribution >= 4 is 78.9 Å². The van der Waals surface area contributed by atoms with Gasteiger partial charge in [0.1, 0.15) is 34.4 Å². The first-order valence-corrected chi connectivity index (χ1v) is 13.3. The van der Waals surface area contributed by atoms with Crippen LogP contribution in [0.25, 0.3) is 11.1 Å². The number of halogens is 4. The number of aliphatic imine (C=N–C) groups is 2. The fraction of sp³-hybridized carbons (Fsp3) is 0.0714. The van der Waals surface area contributed by atoms with E-state index in [0.29, 0.717) is 34.0 Å². The van der Waals surface area contributed by atoms with Crippen molar-refractivity contribution in [2.24, 2.45) is 9.98 Å². The van der Waals surface area contributed by atoms with Gasteiger partial charge in [0.25, 0.3) is 0 Å². The summed E-state index contributed by atoms with van der Waals surface area (Å²) in [5, 5.41) is 20.9. The molecule has 0 saturated heterocycles. The van der Waals surface area contributed by atoms with Crippen molar-refractivity contribution in [3.05, 3.63) is 90.8 Å². The summed E-state index contributed by atoms with van der Waals surface area (Å²) in [5.41, 5.74) is 3.84. The Hall–Kier alpha value is -3.04. The molecule has 0 aliphatic heterocycles. The number of methoxy groups -OCH3 is 2. The highest BCUT2D eigenvalue weighted by Crippen LogP contribution is 2.38. The molecule has 6 nitrogen and oxygen atoms in total. The molecule has 0 saturated carbocycles. The Morgan fingerprint density at radius 1 is 0.658 bits per heavy atom. The third-order valence-corrected chi connectivity index (χ3v) is 6.99. The number of ether oxygens (including phenoxy) is 2.